The summed E-state index contributed by atoms with van der Waals surface area (Å²) in [5, 5.41) is 10.4. The third-order valence-electron chi connectivity index (χ3n) is 4.44. The zero-order chi connectivity index (χ0) is 15.8. The summed E-state index contributed by atoms with van der Waals surface area (Å²) in [6.45, 7) is 10.1. The van der Waals surface area contributed by atoms with Gasteiger partial charge in [-0.3, -0.25) is 0 Å². The lowest BCUT2D eigenvalue weighted by Gasteiger charge is -2.46. The van der Waals surface area contributed by atoms with Gasteiger partial charge in [-0.05, 0) is 18.3 Å². The predicted octanol–water partition coefficient (Wildman–Crippen LogP) is 2.51. The molecule has 2 aliphatic heterocycles. The summed E-state index contributed by atoms with van der Waals surface area (Å²) in [7, 11) is 0. The van der Waals surface area contributed by atoms with Gasteiger partial charge in [-0.15, -0.1) is 0 Å². The Kier molecular flexibility index (Phi) is 4.76. The normalized spacial score (nSPS) is 32.9. The molecule has 120 valence electrons. The molecule has 0 saturated carbocycles. The molecule has 3 atom stereocenters. The fourth-order valence-corrected chi connectivity index (χ4v) is 4.91. The molecule has 2 rings (SSSR count). The first-order valence-electron chi connectivity index (χ1n) is 7.66. The molecule has 0 bridgehead atoms. The Hall–Kier alpha value is -0.910. The molecule has 3 unspecified atom stereocenters. The van der Waals surface area contributed by atoms with Crippen molar-refractivity contribution >= 4 is 23.8 Å². The average molecular weight is 314 g/mol. The summed E-state index contributed by atoms with van der Waals surface area (Å²) in [5.41, 5.74) is -0.373. The molecule has 2 amide bonds. The van der Waals surface area contributed by atoms with Crippen LogP contribution in [0.3, 0.4) is 0 Å². The second kappa shape index (κ2) is 6.07. The number of carboxylic acid groups (broad SMARTS) is 1. The molecule has 0 spiro atoms. The van der Waals surface area contributed by atoms with E-state index in [1.54, 1.807) is 4.90 Å². The van der Waals surface area contributed by atoms with Gasteiger partial charge in [-0.1, -0.05) is 27.7 Å². The molecular formula is C15H26N2O3S. The maximum atomic E-state index is 12.8. The first-order chi connectivity index (χ1) is 9.72. The number of piperidine rings is 1. The number of nitrogens with zero attached hydrogens (tertiary/aromatic N) is 2. The molecule has 0 radical (unpaired) electrons. The standard InChI is InChI=1S/C15H26N2O3S/c1-10-8-16(9-11(2)21-10)14(20)17-7-5-6-15(3,4)12(17)13(18)19/h10-12H,5-9H2,1-4H3,(H,18,19). The van der Waals surface area contributed by atoms with Crippen molar-refractivity contribution in [2.75, 3.05) is 19.6 Å². The van der Waals surface area contributed by atoms with Gasteiger partial charge in [-0.2, -0.15) is 11.8 Å². The lowest BCUT2D eigenvalue weighted by atomic mass is 9.76. The third-order valence-corrected chi connectivity index (χ3v) is 5.67. The van der Waals surface area contributed by atoms with Crippen LogP contribution in [0, 0.1) is 5.41 Å². The summed E-state index contributed by atoms with van der Waals surface area (Å²) in [5.74, 6) is -0.888. The van der Waals surface area contributed by atoms with E-state index in [9.17, 15) is 14.7 Å². The maximum absolute atomic E-state index is 12.8. The van der Waals surface area contributed by atoms with Gasteiger partial charge < -0.3 is 14.9 Å². The Morgan fingerprint density at radius 2 is 1.76 bits per heavy atom. The van der Waals surface area contributed by atoms with Crippen LogP contribution >= 0.6 is 11.8 Å². The summed E-state index contributed by atoms with van der Waals surface area (Å²) in [6, 6.07) is -0.826. The summed E-state index contributed by atoms with van der Waals surface area (Å²) >= 11 is 1.89. The van der Waals surface area contributed by atoms with Crippen LogP contribution in [0.15, 0.2) is 0 Å². The van der Waals surface area contributed by atoms with Gasteiger partial charge in [0.2, 0.25) is 0 Å². The number of thioether (sulfide) groups is 1. The van der Waals surface area contributed by atoms with Gasteiger partial charge in [0.1, 0.15) is 6.04 Å². The summed E-state index contributed by atoms with van der Waals surface area (Å²) in [4.78, 5) is 27.9. The van der Waals surface area contributed by atoms with Gasteiger partial charge in [0.25, 0.3) is 0 Å². The highest BCUT2D eigenvalue weighted by Gasteiger charge is 2.46. The number of hydrogen-bond donors (Lipinski definition) is 1. The average Bonchev–Trinajstić information content (AvgIpc) is 2.34. The fourth-order valence-electron chi connectivity index (χ4n) is 3.58. The number of likely N-dealkylation sites (tertiary alicyclic amines) is 1. The number of carbonyl (C=O) groups is 2. The number of amides is 2. The van der Waals surface area contributed by atoms with Gasteiger partial charge in [0.15, 0.2) is 0 Å². The summed E-state index contributed by atoms with van der Waals surface area (Å²) < 4.78 is 0. The van der Waals surface area contributed by atoms with Crippen LogP contribution < -0.4 is 0 Å². The van der Waals surface area contributed by atoms with Gasteiger partial charge in [0, 0.05) is 30.1 Å². The number of carbonyl (C=O) groups excluding carboxylic acids is 1. The Balaban J connectivity index is 2.18. The van der Waals surface area contributed by atoms with Crippen LogP contribution in [0.25, 0.3) is 0 Å². The molecular weight excluding hydrogens is 288 g/mol. The van der Waals surface area contributed by atoms with E-state index in [0.717, 1.165) is 12.8 Å². The quantitative estimate of drug-likeness (QED) is 0.808. The van der Waals surface area contributed by atoms with E-state index in [0.29, 0.717) is 30.1 Å². The molecule has 0 aromatic carbocycles. The van der Waals surface area contributed by atoms with E-state index < -0.39 is 12.0 Å². The Bertz CT molecular complexity index is 417. The van der Waals surface area contributed by atoms with Crippen LogP contribution in [0.1, 0.15) is 40.5 Å². The number of urea groups is 1. The number of hydrogen-bond acceptors (Lipinski definition) is 3. The Morgan fingerprint density at radius 1 is 1.19 bits per heavy atom. The van der Waals surface area contributed by atoms with Crippen LogP contribution in [0.5, 0.6) is 0 Å². The van der Waals surface area contributed by atoms with Gasteiger partial charge >= 0.3 is 12.0 Å². The number of rotatable bonds is 1. The van der Waals surface area contributed by atoms with Crippen molar-refractivity contribution < 1.29 is 14.7 Å². The number of carboxylic acids is 1. The van der Waals surface area contributed by atoms with E-state index in [4.69, 9.17) is 0 Å². The topological polar surface area (TPSA) is 60.9 Å². The number of aliphatic carboxylic acids is 1. The predicted molar refractivity (Wildman–Crippen MR) is 84.6 cm³/mol. The van der Waals surface area contributed by atoms with Crippen LogP contribution in [0.4, 0.5) is 4.79 Å². The fraction of sp³-hybridized carbons (Fsp3) is 0.867. The summed E-state index contributed by atoms with van der Waals surface area (Å²) in [6.07, 6.45) is 1.71. The Morgan fingerprint density at radius 3 is 2.29 bits per heavy atom. The Labute approximate surface area is 131 Å². The zero-order valence-electron chi connectivity index (χ0n) is 13.3. The van der Waals surface area contributed by atoms with Crippen molar-refractivity contribution in [3.8, 4) is 0 Å². The molecule has 0 aromatic rings. The van der Waals surface area contributed by atoms with Gasteiger partial charge in [-0.25, -0.2) is 9.59 Å². The largest absolute Gasteiger partial charge is 0.480 e. The minimum absolute atomic E-state index is 0.103. The third kappa shape index (κ3) is 3.47. The van der Waals surface area contributed by atoms with E-state index in [1.807, 2.05) is 30.5 Å². The van der Waals surface area contributed by atoms with Crippen LogP contribution in [-0.4, -0.2) is 63.1 Å². The van der Waals surface area contributed by atoms with Crippen molar-refractivity contribution in [3.63, 3.8) is 0 Å². The van der Waals surface area contributed by atoms with E-state index in [-0.39, 0.29) is 11.4 Å². The monoisotopic (exact) mass is 314 g/mol. The second-order valence-corrected chi connectivity index (χ2v) is 8.85. The highest BCUT2D eigenvalue weighted by molar-refractivity contribution is 8.00. The maximum Gasteiger partial charge on any atom is 0.327 e. The van der Waals surface area contributed by atoms with E-state index in [2.05, 4.69) is 13.8 Å². The van der Waals surface area contributed by atoms with E-state index in [1.165, 1.54) is 0 Å². The molecule has 2 aliphatic rings. The molecule has 0 aliphatic carbocycles. The molecule has 1 N–H and O–H groups in total. The minimum Gasteiger partial charge on any atom is -0.480 e. The SMILES string of the molecule is CC1CN(C(=O)N2CCCC(C)(C)C2C(=O)O)CC(C)S1. The van der Waals surface area contributed by atoms with Crippen LogP contribution in [0.2, 0.25) is 0 Å². The molecule has 21 heavy (non-hydrogen) atoms. The molecule has 2 saturated heterocycles. The van der Waals surface area contributed by atoms with E-state index >= 15 is 0 Å². The molecule has 2 heterocycles. The van der Waals surface area contributed by atoms with Crippen LogP contribution in [-0.2, 0) is 4.79 Å². The lowest BCUT2D eigenvalue weighted by Crippen LogP contribution is -2.60. The highest BCUT2D eigenvalue weighted by Crippen LogP contribution is 2.36. The van der Waals surface area contributed by atoms with Crippen molar-refractivity contribution in [2.45, 2.75) is 57.1 Å². The van der Waals surface area contributed by atoms with Crippen molar-refractivity contribution in [2.24, 2.45) is 5.41 Å². The minimum atomic E-state index is -0.888. The van der Waals surface area contributed by atoms with Crippen molar-refractivity contribution in [1.29, 1.82) is 0 Å². The lowest BCUT2D eigenvalue weighted by molar-refractivity contribution is -0.148. The van der Waals surface area contributed by atoms with Crippen molar-refractivity contribution in [1.82, 2.24) is 9.80 Å². The zero-order valence-corrected chi connectivity index (χ0v) is 14.2. The van der Waals surface area contributed by atoms with Crippen molar-refractivity contribution in [3.05, 3.63) is 0 Å². The first kappa shape index (κ1) is 16.5. The first-order valence-corrected chi connectivity index (χ1v) is 8.60. The van der Waals surface area contributed by atoms with Gasteiger partial charge in [0.05, 0.1) is 0 Å². The molecule has 6 heteroatoms. The molecule has 2 fully saturated rings. The molecule has 5 nitrogen and oxygen atoms in total. The highest BCUT2D eigenvalue weighted by atomic mass is 32.2. The second-order valence-electron chi connectivity index (χ2n) is 6.97. The molecule has 0 aromatic heterocycles. The smallest absolute Gasteiger partial charge is 0.327 e.